The number of hydrogen-bond acceptors (Lipinski definition) is 11. The predicted molar refractivity (Wildman–Crippen MR) is 140 cm³/mol. The van der Waals surface area contributed by atoms with Crippen LogP contribution in [0.25, 0.3) is 0 Å². The Morgan fingerprint density at radius 2 is 1.33 bits per heavy atom. The van der Waals surface area contributed by atoms with E-state index in [1.807, 2.05) is 13.8 Å². The second-order valence-corrected chi connectivity index (χ2v) is 9.03. The number of carbonyl (C=O) groups excluding carboxylic acids is 3. The maximum absolute atomic E-state index is 12.4. The van der Waals surface area contributed by atoms with Gasteiger partial charge < -0.3 is 38.8 Å². The Labute approximate surface area is 229 Å². The molecule has 0 aromatic heterocycles. The van der Waals surface area contributed by atoms with E-state index >= 15 is 0 Å². The van der Waals surface area contributed by atoms with Crippen LogP contribution in [0.1, 0.15) is 72.8 Å². The number of hydrogen-bond donors (Lipinski definition) is 2. The Kier molecular flexibility index (Phi) is 15.3. The highest BCUT2D eigenvalue weighted by molar-refractivity contribution is 5.74. The first kappa shape index (κ1) is 33.5. The summed E-state index contributed by atoms with van der Waals surface area (Å²) >= 11 is 0. The van der Waals surface area contributed by atoms with Crippen molar-refractivity contribution >= 4 is 24.4 Å². The monoisotopic (exact) mass is 555 g/mol. The minimum Gasteiger partial charge on any atom is -0.480 e. The number of carboxylic acids is 1. The lowest BCUT2D eigenvalue weighted by Crippen LogP contribution is -2.42. The van der Waals surface area contributed by atoms with Gasteiger partial charge in [-0.05, 0) is 64.7 Å². The van der Waals surface area contributed by atoms with E-state index in [0.29, 0.717) is 18.4 Å². The molecule has 0 aliphatic carbocycles. The van der Waals surface area contributed by atoms with Crippen LogP contribution in [0.3, 0.4) is 0 Å². The number of nitrogens with one attached hydrogen (secondary N) is 1. The van der Waals surface area contributed by atoms with Crippen molar-refractivity contribution in [1.82, 2.24) is 5.32 Å². The van der Waals surface area contributed by atoms with Crippen LogP contribution in [0.4, 0.5) is 14.4 Å². The van der Waals surface area contributed by atoms with Crippen molar-refractivity contribution in [2.24, 2.45) is 0 Å². The van der Waals surface area contributed by atoms with E-state index in [0.717, 1.165) is 12.8 Å². The van der Waals surface area contributed by atoms with Gasteiger partial charge in [-0.15, -0.1) is 0 Å². The molecule has 1 aromatic rings. The third kappa shape index (κ3) is 13.7. The molecule has 12 nitrogen and oxygen atoms in total. The largest absolute Gasteiger partial charge is 0.514 e. The van der Waals surface area contributed by atoms with E-state index in [1.54, 1.807) is 27.7 Å². The second-order valence-electron chi connectivity index (χ2n) is 9.03. The lowest BCUT2D eigenvalue weighted by atomic mass is 10.0. The van der Waals surface area contributed by atoms with Gasteiger partial charge in [0.2, 0.25) is 0 Å². The van der Waals surface area contributed by atoms with Gasteiger partial charge in [0, 0.05) is 6.54 Å². The Bertz CT molecular complexity index is 936. The molecule has 4 atom stereocenters. The summed E-state index contributed by atoms with van der Waals surface area (Å²) < 4.78 is 30.8. The van der Waals surface area contributed by atoms with Crippen LogP contribution in [0.2, 0.25) is 0 Å². The Hall–Kier alpha value is -3.54. The highest BCUT2D eigenvalue weighted by Gasteiger charge is 2.23. The molecule has 0 saturated heterocycles. The Balaban J connectivity index is 3.04. The maximum Gasteiger partial charge on any atom is 0.514 e. The van der Waals surface area contributed by atoms with Gasteiger partial charge in [0.15, 0.2) is 11.5 Å². The number of benzene rings is 1. The van der Waals surface area contributed by atoms with Gasteiger partial charge in [0.25, 0.3) is 0 Å². The van der Waals surface area contributed by atoms with Crippen molar-refractivity contribution in [3.8, 4) is 11.5 Å². The standard InChI is InChI=1S/C27H41NO11/c1-7-10-17(4)35-26(32)38-22-13-12-20(15-23(22)39-27(33)36-18(5)11-8-2)14-21(24(29)30)28-16-19(6)37-25(31)34-9-3/h12-13,15,17-19,21,28H,7-11,14,16H2,1-6H3,(H,29,30)/t17?,18?,19?,21-/m0/s1. The summed E-state index contributed by atoms with van der Waals surface area (Å²) in [6.45, 7) is 10.8. The minimum atomic E-state index is -1.15. The van der Waals surface area contributed by atoms with Crippen LogP contribution in [0, 0.1) is 0 Å². The van der Waals surface area contributed by atoms with E-state index in [-0.39, 0.29) is 37.2 Å². The van der Waals surface area contributed by atoms with Gasteiger partial charge in [-0.2, -0.15) is 0 Å². The van der Waals surface area contributed by atoms with Crippen LogP contribution >= 0.6 is 0 Å². The van der Waals surface area contributed by atoms with Crippen LogP contribution in [-0.4, -0.2) is 67.0 Å². The summed E-state index contributed by atoms with van der Waals surface area (Å²) in [5, 5.41) is 12.5. The third-order valence-corrected chi connectivity index (χ3v) is 5.33. The zero-order valence-electron chi connectivity index (χ0n) is 23.5. The van der Waals surface area contributed by atoms with Crippen molar-refractivity contribution < 1.29 is 52.7 Å². The molecule has 12 heteroatoms. The zero-order valence-corrected chi connectivity index (χ0v) is 23.5. The molecule has 0 saturated carbocycles. The van der Waals surface area contributed by atoms with Crippen molar-refractivity contribution in [2.45, 2.75) is 98.0 Å². The van der Waals surface area contributed by atoms with Gasteiger partial charge >= 0.3 is 24.4 Å². The van der Waals surface area contributed by atoms with Crippen molar-refractivity contribution in [3.63, 3.8) is 0 Å². The molecule has 1 rings (SSSR count). The molecule has 0 radical (unpaired) electrons. The smallest absolute Gasteiger partial charge is 0.480 e. The highest BCUT2D eigenvalue weighted by atomic mass is 16.8. The molecule has 0 aliphatic heterocycles. The first-order chi connectivity index (χ1) is 18.5. The van der Waals surface area contributed by atoms with E-state index in [1.165, 1.54) is 18.2 Å². The van der Waals surface area contributed by atoms with Crippen LogP contribution in [0.5, 0.6) is 11.5 Å². The summed E-state index contributed by atoms with van der Waals surface area (Å²) in [7, 11) is 0. The van der Waals surface area contributed by atoms with E-state index < -0.39 is 42.7 Å². The molecular formula is C27H41NO11. The molecule has 0 bridgehead atoms. The summed E-state index contributed by atoms with van der Waals surface area (Å²) in [4.78, 5) is 48.0. The minimum absolute atomic E-state index is 0.0304. The summed E-state index contributed by atoms with van der Waals surface area (Å²) in [5.41, 5.74) is 0.457. The fourth-order valence-electron chi connectivity index (χ4n) is 3.48. The maximum atomic E-state index is 12.4. The third-order valence-electron chi connectivity index (χ3n) is 5.33. The van der Waals surface area contributed by atoms with Crippen molar-refractivity contribution in [2.75, 3.05) is 13.2 Å². The Morgan fingerprint density at radius 3 is 1.85 bits per heavy atom. The molecule has 1 aromatic carbocycles. The zero-order chi connectivity index (χ0) is 29.4. The van der Waals surface area contributed by atoms with E-state index in [4.69, 9.17) is 28.4 Å². The molecule has 0 amide bonds. The fraction of sp³-hybridized carbons (Fsp3) is 0.630. The molecule has 0 aliphatic rings. The summed E-state index contributed by atoms with van der Waals surface area (Å²) in [5.74, 6) is -1.38. The van der Waals surface area contributed by atoms with E-state index in [9.17, 15) is 24.3 Å². The predicted octanol–water partition coefficient (Wildman–Crippen LogP) is 5.24. The van der Waals surface area contributed by atoms with Gasteiger partial charge in [0.05, 0.1) is 6.61 Å². The highest BCUT2D eigenvalue weighted by Crippen LogP contribution is 2.30. The lowest BCUT2D eigenvalue weighted by Gasteiger charge is -2.19. The van der Waals surface area contributed by atoms with Gasteiger partial charge in [-0.25, -0.2) is 14.4 Å². The number of rotatable bonds is 16. The summed E-state index contributed by atoms with van der Waals surface area (Å²) in [6.07, 6.45) is -1.38. The van der Waals surface area contributed by atoms with Crippen LogP contribution in [-0.2, 0) is 30.2 Å². The second kappa shape index (κ2) is 17.9. The van der Waals surface area contributed by atoms with Crippen LogP contribution in [0.15, 0.2) is 18.2 Å². The molecule has 220 valence electrons. The average Bonchev–Trinajstić information content (AvgIpc) is 2.83. The first-order valence-electron chi connectivity index (χ1n) is 13.2. The molecular weight excluding hydrogens is 514 g/mol. The van der Waals surface area contributed by atoms with Gasteiger partial charge in [0.1, 0.15) is 24.4 Å². The van der Waals surface area contributed by atoms with E-state index in [2.05, 4.69) is 5.32 Å². The molecule has 0 spiro atoms. The number of ether oxygens (including phenoxy) is 6. The Morgan fingerprint density at radius 1 is 0.795 bits per heavy atom. The molecule has 39 heavy (non-hydrogen) atoms. The van der Waals surface area contributed by atoms with Crippen LogP contribution < -0.4 is 14.8 Å². The first-order valence-corrected chi connectivity index (χ1v) is 13.2. The molecule has 0 fully saturated rings. The number of carboxylic acid groups (broad SMARTS) is 1. The quantitative estimate of drug-likeness (QED) is 0.156. The van der Waals surface area contributed by atoms with Gasteiger partial charge in [-0.1, -0.05) is 32.8 Å². The average molecular weight is 556 g/mol. The molecule has 0 heterocycles. The lowest BCUT2D eigenvalue weighted by molar-refractivity contribution is -0.139. The topological polar surface area (TPSA) is 156 Å². The number of aliphatic carboxylic acids is 1. The normalized spacial score (nSPS) is 13.8. The molecule has 2 N–H and O–H groups in total. The van der Waals surface area contributed by atoms with Gasteiger partial charge in [-0.3, -0.25) is 4.79 Å². The van der Waals surface area contributed by atoms with Crippen molar-refractivity contribution in [1.29, 1.82) is 0 Å². The fourth-order valence-corrected chi connectivity index (χ4v) is 3.48. The summed E-state index contributed by atoms with van der Waals surface area (Å²) in [6, 6.07) is 3.23. The van der Waals surface area contributed by atoms with Crippen molar-refractivity contribution in [3.05, 3.63) is 23.8 Å². The SMILES string of the molecule is CCCC(C)OC(=O)Oc1ccc(C[C@H](NCC(C)OC(=O)OCC)C(=O)O)cc1OC(=O)OC(C)CCC. The number of carbonyl (C=O) groups is 4. The molecule has 3 unspecified atom stereocenters.